The van der Waals surface area contributed by atoms with Gasteiger partial charge in [-0.1, -0.05) is 0 Å². The Hall–Kier alpha value is -0.950. The Morgan fingerprint density at radius 2 is 2.11 bits per heavy atom. The summed E-state index contributed by atoms with van der Waals surface area (Å²) in [5.74, 6) is -0.756. The van der Waals surface area contributed by atoms with E-state index in [1.807, 2.05) is 0 Å². The monoisotopic (exact) mass is 387 g/mol. The fourth-order valence-corrected chi connectivity index (χ4v) is 2.65. The molecule has 3 nitrogen and oxygen atoms in total. The highest BCUT2D eigenvalue weighted by molar-refractivity contribution is 14.1. The molecular weight excluding hydrogens is 382 g/mol. The van der Waals surface area contributed by atoms with Gasteiger partial charge in [0.15, 0.2) is 0 Å². The van der Waals surface area contributed by atoms with Gasteiger partial charge < -0.3 is 4.74 Å². The predicted octanol–water partition coefficient (Wildman–Crippen LogP) is 3.56. The molecule has 96 valence electrons. The molecule has 0 unspecified atom stereocenters. The Balaban J connectivity index is 3.30. The van der Waals surface area contributed by atoms with Gasteiger partial charge in [0.05, 0.1) is 18.2 Å². The first-order chi connectivity index (χ1) is 8.30. The molecule has 1 rings (SSSR count). The van der Waals surface area contributed by atoms with Crippen molar-refractivity contribution >= 4 is 40.3 Å². The largest absolute Gasteiger partial charge is 0.465 e. The van der Waals surface area contributed by atoms with Crippen LogP contribution in [0.25, 0.3) is 0 Å². The van der Waals surface area contributed by atoms with Gasteiger partial charge in [-0.25, -0.2) is 4.79 Å². The average molecular weight is 387 g/mol. The molecule has 18 heavy (non-hydrogen) atoms. The van der Waals surface area contributed by atoms with Gasteiger partial charge in [0.2, 0.25) is 0 Å². The molecule has 0 aromatic heterocycles. The summed E-state index contributed by atoms with van der Waals surface area (Å²) in [5.41, 5.74) is -4.60. The van der Waals surface area contributed by atoms with Gasteiger partial charge in [-0.05, 0) is 46.5 Å². The van der Waals surface area contributed by atoms with E-state index in [1.165, 1.54) is 0 Å². The summed E-state index contributed by atoms with van der Waals surface area (Å²) in [7, 11) is 1.13. The van der Waals surface area contributed by atoms with E-state index in [2.05, 4.69) is 4.74 Å². The Kier molecular flexibility index (Phi) is 4.86. The summed E-state index contributed by atoms with van der Waals surface area (Å²) in [6, 6.07) is 4.02. The second kappa shape index (κ2) is 5.79. The minimum Gasteiger partial charge on any atom is -0.465 e. The third-order valence-electron chi connectivity index (χ3n) is 1.85. The number of ether oxygens (including phenoxy) is 1. The number of thioether (sulfide) groups is 1. The average Bonchev–Trinajstić information content (AvgIpc) is 2.28. The zero-order valence-electron chi connectivity index (χ0n) is 8.84. The van der Waals surface area contributed by atoms with Crippen molar-refractivity contribution in [1.82, 2.24) is 0 Å². The summed E-state index contributed by atoms with van der Waals surface area (Å²) in [6.07, 6.45) is 0. The Bertz CT molecular complexity index is 525. The molecule has 0 bridgehead atoms. The van der Waals surface area contributed by atoms with E-state index < -0.39 is 11.5 Å². The van der Waals surface area contributed by atoms with Crippen LogP contribution < -0.4 is 0 Å². The number of esters is 1. The van der Waals surface area contributed by atoms with E-state index in [1.54, 1.807) is 28.7 Å². The van der Waals surface area contributed by atoms with Crippen LogP contribution in [0.2, 0.25) is 0 Å². The quantitative estimate of drug-likeness (QED) is 0.443. The van der Waals surface area contributed by atoms with E-state index >= 15 is 0 Å². The van der Waals surface area contributed by atoms with E-state index in [0.29, 0.717) is 0 Å². The number of halogens is 4. The maximum Gasteiger partial charge on any atom is 0.446 e. The van der Waals surface area contributed by atoms with Crippen LogP contribution >= 0.6 is 34.4 Å². The van der Waals surface area contributed by atoms with Gasteiger partial charge in [-0.2, -0.15) is 18.4 Å². The summed E-state index contributed by atoms with van der Waals surface area (Å²) in [6.45, 7) is 0. The molecule has 0 saturated heterocycles. The molecule has 0 aliphatic carbocycles. The fraction of sp³-hybridized carbons (Fsp3) is 0.200. The zero-order valence-corrected chi connectivity index (χ0v) is 11.8. The summed E-state index contributed by atoms with van der Waals surface area (Å²) >= 11 is 1.28. The minimum absolute atomic E-state index is 0.0454. The normalized spacial score (nSPS) is 10.9. The lowest BCUT2D eigenvalue weighted by Crippen LogP contribution is -2.07. The lowest BCUT2D eigenvalue weighted by Gasteiger charge is -2.10. The fourth-order valence-electron chi connectivity index (χ4n) is 1.15. The van der Waals surface area contributed by atoms with Crippen molar-refractivity contribution in [3.05, 3.63) is 26.8 Å². The molecule has 0 spiro atoms. The maximum atomic E-state index is 12.3. The maximum absolute atomic E-state index is 12.3. The van der Waals surface area contributed by atoms with Crippen LogP contribution in [0.5, 0.6) is 0 Å². The Morgan fingerprint density at radius 3 is 2.56 bits per heavy atom. The highest BCUT2D eigenvalue weighted by Crippen LogP contribution is 2.40. The van der Waals surface area contributed by atoms with Crippen molar-refractivity contribution in [2.24, 2.45) is 0 Å². The van der Waals surface area contributed by atoms with Gasteiger partial charge in [-0.3, -0.25) is 0 Å². The third-order valence-corrected chi connectivity index (χ3v) is 4.13. The van der Waals surface area contributed by atoms with Crippen LogP contribution in [0.3, 0.4) is 0 Å². The Morgan fingerprint density at radius 1 is 1.50 bits per heavy atom. The lowest BCUT2D eigenvalue weighted by atomic mass is 10.1. The number of benzene rings is 1. The van der Waals surface area contributed by atoms with Crippen LogP contribution in [-0.2, 0) is 4.74 Å². The Labute approximate surface area is 118 Å². The van der Waals surface area contributed by atoms with Gasteiger partial charge in [0, 0.05) is 8.47 Å². The molecule has 0 heterocycles. The number of nitriles is 1. The highest BCUT2D eigenvalue weighted by atomic mass is 127. The van der Waals surface area contributed by atoms with Crippen LogP contribution in [0.1, 0.15) is 15.9 Å². The first-order valence-corrected chi connectivity index (χ1v) is 6.26. The predicted molar refractivity (Wildman–Crippen MR) is 67.1 cm³/mol. The molecular formula is C10H5F3INO2S. The molecule has 1 aromatic carbocycles. The number of carbonyl (C=O) groups is 1. The van der Waals surface area contributed by atoms with Crippen LogP contribution in [-0.4, -0.2) is 18.6 Å². The van der Waals surface area contributed by atoms with E-state index in [4.69, 9.17) is 5.26 Å². The standard InChI is InChI=1S/C10H5F3INO2S/c1-17-9(16)5-2-3-7(18-10(11,12)13)8(14)6(5)4-15/h2-3H,1H3. The van der Waals surface area contributed by atoms with Gasteiger partial charge in [0.1, 0.15) is 6.07 Å². The molecule has 0 saturated carbocycles. The first-order valence-electron chi connectivity index (χ1n) is 4.36. The summed E-state index contributed by atoms with van der Waals surface area (Å²) in [4.78, 5) is 11.2. The van der Waals surface area contributed by atoms with Gasteiger partial charge in [0.25, 0.3) is 0 Å². The molecule has 0 amide bonds. The molecule has 0 aliphatic heterocycles. The number of hydrogen-bond acceptors (Lipinski definition) is 4. The number of alkyl halides is 3. The number of hydrogen-bond donors (Lipinski definition) is 0. The van der Waals surface area contributed by atoms with Crippen molar-refractivity contribution in [3.8, 4) is 6.07 Å². The number of methoxy groups -OCH3 is 1. The molecule has 0 fully saturated rings. The molecule has 8 heteroatoms. The van der Waals surface area contributed by atoms with Gasteiger partial charge >= 0.3 is 11.5 Å². The summed E-state index contributed by atoms with van der Waals surface area (Å²) in [5, 5.41) is 8.91. The van der Waals surface area contributed by atoms with E-state index in [0.717, 1.165) is 19.2 Å². The smallest absolute Gasteiger partial charge is 0.446 e. The topological polar surface area (TPSA) is 50.1 Å². The van der Waals surface area contributed by atoms with Crippen molar-refractivity contribution in [1.29, 1.82) is 5.26 Å². The van der Waals surface area contributed by atoms with Gasteiger partial charge in [-0.15, -0.1) is 0 Å². The molecule has 0 aliphatic rings. The molecule has 1 aromatic rings. The summed E-state index contributed by atoms with van der Waals surface area (Å²) < 4.78 is 41.3. The van der Waals surface area contributed by atoms with Crippen LogP contribution in [0.4, 0.5) is 13.2 Å². The van der Waals surface area contributed by atoms with E-state index in [-0.39, 0.29) is 31.4 Å². The van der Waals surface area contributed by atoms with Crippen LogP contribution in [0.15, 0.2) is 17.0 Å². The highest BCUT2D eigenvalue weighted by Gasteiger charge is 2.31. The number of rotatable bonds is 2. The van der Waals surface area contributed by atoms with Crippen molar-refractivity contribution in [3.63, 3.8) is 0 Å². The second-order valence-corrected chi connectivity index (χ2v) is 5.14. The van der Waals surface area contributed by atoms with E-state index in [9.17, 15) is 18.0 Å². The first kappa shape index (κ1) is 15.1. The zero-order chi connectivity index (χ0) is 13.9. The molecule has 0 radical (unpaired) electrons. The molecule has 0 N–H and O–H groups in total. The van der Waals surface area contributed by atoms with Crippen molar-refractivity contribution < 1.29 is 22.7 Å². The van der Waals surface area contributed by atoms with Crippen LogP contribution in [0, 0.1) is 14.9 Å². The van der Waals surface area contributed by atoms with Crippen molar-refractivity contribution in [2.75, 3.05) is 7.11 Å². The number of carbonyl (C=O) groups excluding carboxylic acids is 1. The second-order valence-electron chi connectivity index (χ2n) is 2.95. The molecule has 0 atom stereocenters. The third kappa shape index (κ3) is 3.52. The lowest BCUT2D eigenvalue weighted by molar-refractivity contribution is -0.0328. The van der Waals surface area contributed by atoms with Crippen molar-refractivity contribution in [2.45, 2.75) is 10.4 Å². The minimum atomic E-state index is -4.45. The SMILES string of the molecule is COC(=O)c1ccc(SC(F)(F)F)c(I)c1C#N. The number of nitrogens with zero attached hydrogens (tertiary/aromatic N) is 1.